The second-order valence-electron chi connectivity index (χ2n) is 5.71. The minimum atomic E-state index is -3.67. The first-order valence-electron chi connectivity index (χ1n) is 7.60. The van der Waals surface area contributed by atoms with Crippen LogP contribution in [0.15, 0.2) is 40.4 Å². The fourth-order valence-electron chi connectivity index (χ4n) is 2.79. The zero-order chi connectivity index (χ0) is 18.0. The molecule has 0 bridgehead atoms. The second-order valence-corrected chi connectivity index (χ2v) is 8.31. The number of anilines is 1. The van der Waals surface area contributed by atoms with Crippen LogP contribution in [0.5, 0.6) is 0 Å². The highest BCUT2D eigenvalue weighted by Crippen LogP contribution is 2.30. The highest BCUT2D eigenvalue weighted by Gasteiger charge is 2.36. The van der Waals surface area contributed by atoms with Crippen molar-refractivity contribution < 1.29 is 12.8 Å². The van der Waals surface area contributed by atoms with Crippen LogP contribution >= 0.6 is 11.6 Å². The minimum Gasteiger partial charge on any atom is -0.339 e. The van der Waals surface area contributed by atoms with Gasteiger partial charge < -0.3 is 4.90 Å². The van der Waals surface area contributed by atoms with E-state index in [1.807, 2.05) is 4.90 Å². The Balaban J connectivity index is 1.82. The van der Waals surface area contributed by atoms with Gasteiger partial charge in [0.1, 0.15) is 5.82 Å². The molecule has 2 aromatic rings. The van der Waals surface area contributed by atoms with E-state index in [2.05, 4.69) is 21.7 Å². The van der Waals surface area contributed by atoms with Crippen molar-refractivity contribution in [3.8, 4) is 0 Å². The van der Waals surface area contributed by atoms with Crippen molar-refractivity contribution in [1.29, 1.82) is 0 Å². The van der Waals surface area contributed by atoms with Crippen LogP contribution in [0, 0.1) is 5.82 Å². The van der Waals surface area contributed by atoms with Gasteiger partial charge in [0.25, 0.3) is 0 Å². The van der Waals surface area contributed by atoms with Crippen LogP contribution < -0.4 is 4.90 Å². The van der Waals surface area contributed by atoms with Crippen molar-refractivity contribution in [3.63, 3.8) is 0 Å². The minimum absolute atomic E-state index is 0.0482. The Morgan fingerprint density at radius 3 is 2.92 bits per heavy atom. The fourth-order valence-corrected chi connectivity index (χ4v) is 5.02. The van der Waals surface area contributed by atoms with Crippen molar-refractivity contribution in [2.75, 3.05) is 18.0 Å². The second kappa shape index (κ2) is 7.05. The maximum absolute atomic E-state index is 13.2. The van der Waals surface area contributed by atoms with E-state index in [1.54, 1.807) is 12.3 Å². The molecule has 0 saturated carbocycles. The third kappa shape index (κ3) is 3.64. The van der Waals surface area contributed by atoms with Crippen molar-refractivity contribution in [3.05, 3.63) is 47.0 Å². The molecule has 132 valence electrons. The Hall–Kier alpha value is -2.06. The van der Waals surface area contributed by atoms with Crippen LogP contribution in [0.25, 0.3) is 0 Å². The molecule has 1 saturated heterocycles. The molecule has 25 heavy (non-hydrogen) atoms. The number of rotatable bonds is 5. The summed E-state index contributed by atoms with van der Waals surface area (Å²) in [7, 11) is -3.67. The molecule has 0 amide bonds. The summed E-state index contributed by atoms with van der Waals surface area (Å²) < 4.78 is 38.8. The van der Waals surface area contributed by atoms with Crippen molar-refractivity contribution >= 4 is 34.1 Å². The molecule has 1 unspecified atom stereocenters. The third-order valence-electron chi connectivity index (χ3n) is 4.04. The maximum atomic E-state index is 13.2. The predicted molar refractivity (Wildman–Crippen MR) is 94.5 cm³/mol. The summed E-state index contributed by atoms with van der Waals surface area (Å²) >= 11 is 5.93. The van der Waals surface area contributed by atoms with E-state index in [0.29, 0.717) is 31.2 Å². The number of nitrogens with zero attached hydrogens (tertiary/aromatic N) is 4. The zero-order valence-corrected chi connectivity index (χ0v) is 14.8. The van der Waals surface area contributed by atoms with Gasteiger partial charge in [-0.05, 0) is 37.4 Å². The number of benzene rings is 1. The first-order chi connectivity index (χ1) is 11.9. The van der Waals surface area contributed by atoms with E-state index < -0.39 is 20.9 Å². The molecular weight excluding hydrogens is 367 g/mol. The monoisotopic (exact) mass is 382 g/mol. The van der Waals surface area contributed by atoms with Gasteiger partial charge in [0.15, 0.2) is 9.84 Å². The van der Waals surface area contributed by atoms with Gasteiger partial charge >= 0.3 is 0 Å². The van der Waals surface area contributed by atoms with Crippen molar-refractivity contribution in [1.82, 2.24) is 9.97 Å². The van der Waals surface area contributed by atoms with Gasteiger partial charge in [-0.15, -0.1) is 0 Å². The molecule has 3 rings (SSSR count). The molecular formula is C16H16ClFN4O2S. The molecule has 6 nitrogen and oxygen atoms in total. The van der Waals surface area contributed by atoms with E-state index >= 15 is 0 Å². The normalized spacial score (nSPS) is 17.7. The van der Waals surface area contributed by atoms with E-state index in [4.69, 9.17) is 11.6 Å². The number of sulfone groups is 1. The summed E-state index contributed by atoms with van der Waals surface area (Å²) in [5, 5.41) is -0.756. The number of aromatic nitrogens is 2. The predicted octanol–water partition coefficient (Wildman–Crippen LogP) is 2.52. The van der Waals surface area contributed by atoms with Crippen LogP contribution in [-0.2, 0) is 16.4 Å². The SMILES string of the molecule is C=NCc1ccnc(N2CCC(S(=O)(=O)c3ccc(F)cc3Cl)C2)n1. The summed E-state index contributed by atoms with van der Waals surface area (Å²) in [6, 6.07) is 5.06. The first kappa shape index (κ1) is 17.8. The average Bonchev–Trinajstić information content (AvgIpc) is 3.06. The number of hydrogen-bond donors (Lipinski definition) is 0. The molecule has 1 atom stereocenters. The molecule has 0 radical (unpaired) electrons. The lowest BCUT2D eigenvalue weighted by molar-refractivity contribution is 0.582. The van der Waals surface area contributed by atoms with Crippen LogP contribution in [0.2, 0.25) is 5.02 Å². The quantitative estimate of drug-likeness (QED) is 0.586. The van der Waals surface area contributed by atoms with Crippen molar-refractivity contribution in [2.45, 2.75) is 23.1 Å². The average molecular weight is 383 g/mol. The largest absolute Gasteiger partial charge is 0.339 e. The first-order valence-corrected chi connectivity index (χ1v) is 9.52. The van der Waals surface area contributed by atoms with E-state index in [1.165, 1.54) is 6.07 Å². The Kier molecular flexibility index (Phi) is 5.01. The summed E-state index contributed by atoms with van der Waals surface area (Å²) in [4.78, 5) is 14.1. The maximum Gasteiger partial charge on any atom is 0.225 e. The van der Waals surface area contributed by atoms with Gasteiger partial charge in [-0.1, -0.05) is 11.6 Å². The summed E-state index contributed by atoms with van der Waals surface area (Å²) in [6.07, 6.45) is 2.03. The molecule has 1 aliphatic heterocycles. The van der Waals surface area contributed by atoms with Crippen molar-refractivity contribution in [2.24, 2.45) is 4.99 Å². The van der Waals surface area contributed by atoms with Gasteiger partial charge in [-0.3, -0.25) is 4.99 Å². The number of aliphatic imine (C=N–C) groups is 1. The van der Waals surface area contributed by atoms with E-state index in [-0.39, 0.29) is 16.5 Å². The molecule has 9 heteroatoms. The van der Waals surface area contributed by atoms with Crippen LogP contribution in [0.3, 0.4) is 0 Å². The lowest BCUT2D eigenvalue weighted by Gasteiger charge is -2.17. The summed E-state index contributed by atoms with van der Waals surface area (Å²) in [5.74, 6) is -0.109. The Morgan fingerprint density at radius 2 is 2.20 bits per heavy atom. The summed E-state index contributed by atoms with van der Waals surface area (Å²) in [6.45, 7) is 4.56. The highest BCUT2D eigenvalue weighted by atomic mass is 35.5. The smallest absolute Gasteiger partial charge is 0.225 e. The number of halogens is 2. The molecule has 0 spiro atoms. The zero-order valence-electron chi connectivity index (χ0n) is 13.3. The van der Waals surface area contributed by atoms with Gasteiger partial charge in [0, 0.05) is 19.3 Å². The Morgan fingerprint density at radius 1 is 1.40 bits per heavy atom. The molecule has 2 heterocycles. The van der Waals surface area contributed by atoms with Gasteiger partial charge in [0.2, 0.25) is 5.95 Å². The van der Waals surface area contributed by atoms with E-state index in [0.717, 1.165) is 12.1 Å². The third-order valence-corrected chi connectivity index (χ3v) is 6.70. The lowest BCUT2D eigenvalue weighted by atomic mass is 10.3. The standard InChI is InChI=1S/C16H16ClFN4O2S/c1-19-9-12-4-6-20-16(21-12)22-7-5-13(10-22)25(23,24)15-3-2-11(18)8-14(15)17/h2-4,6,8,13H,1,5,7,9-10H2. The Bertz CT molecular complexity index is 907. The molecule has 1 fully saturated rings. The van der Waals surface area contributed by atoms with E-state index in [9.17, 15) is 12.8 Å². The molecule has 0 aliphatic carbocycles. The highest BCUT2D eigenvalue weighted by molar-refractivity contribution is 7.92. The van der Waals surface area contributed by atoms with Crippen LogP contribution in [0.4, 0.5) is 10.3 Å². The Labute approximate surface area is 150 Å². The topological polar surface area (TPSA) is 75.5 Å². The summed E-state index contributed by atoms with van der Waals surface area (Å²) in [5.41, 5.74) is 0.716. The molecule has 1 aliphatic rings. The molecule has 1 aromatic carbocycles. The fraction of sp³-hybridized carbons (Fsp3) is 0.312. The van der Waals surface area contributed by atoms with Gasteiger partial charge in [0.05, 0.1) is 27.4 Å². The van der Waals surface area contributed by atoms with Gasteiger partial charge in [-0.25, -0.2) is 22.8 Å². The molecule has 0 N–H and O–H groups in total. The number of hydrogen-bond acceptors (Lipinski definition) is 6. The van der Waals surface area contributed by atoms with Crippen LogP contribution in [-0.4, -0.2) is 43.4 Å². The lowest BCUT2D eigenvalue weighted by Crippen LogP contribution is -2.28. The molecule has 1 aromatic heterocycles. The van der Waals surface area contributed by atoms with Crippen LogP contribution in [0.1, 0.15) is 12.1 Å². The van der Waals surface area contributed by atoms with Gasteiger partial charge in [-0.2, -0.15) is 0 Å².